The fraction of sp³-hybridized carbons (Fsp3) is 0.333. The van der Waals surface area contributed by atoms with E-state index in [2.05, 4.69) is 10.6 Å². The van der Waals surface area contributed by atoms with Gasteiger partial charge in [-0.2, -0.15) is 21.6 Å². The molecule has 2 unspecified atom stereocenters. The molecular formula is C30H29ClF4N3O4S+. The Kier molecular flexibility index (Phi) is 7.95. The molecule has 2 heterocycles. The molecule has 1 fully saturated rings. The van der Waals surface area contributed by atoms with Crippen molar-refractivity contribution in [1.29, 1.82) is 0 Å². The summed E-state index contributed by atoms with van der Waals surface area (Å²) >= 11 is 6.21. The van der Waals surface area contributed by atoms with E-state index in [4.69, 9.17) is 11.6 Å². The molecule has 228 valence electrons. The molecule has 13 heteroatoms. The second-order valence-electron chi connectivity index (χ2n) is 10.9. The molecule has 2 atom stereocenters. The van der Waals surface area contributed by atoms with E-state index in [1.165, 1.54) is 12.1 Å². The summed E-state index contributed by atoms with van der Waals surface area (Å²) in [5, 5.41) is 6.51. The Bertz CT molecular complexity index is 1720. The van der Waals surface area contributed by atoms with E-state index in [1.54, 1.807) is 37.3 Å². The van der Waals surface area contributed by atoms with Crippen LogP contribution in [0.1, 0.15) is 53.7 Å². The molecule has 3 aromatic rings. The topological polar surface area (TPSA) is 92.3 Å². The molecule has 3 aromatic carbocycles. The molecule has 0 radical (unpaired) electrons. The number of fused-ring (bicyclic) bond motifs is 2. The average molecular weight is 639 g/mol. The minimum atomic E-state index is -5.16. The maximum absolute atomic E-state index is 14.5. The summed E-state index contributed by atoms with van der Waals surface area (Å²) in [6.07, 6.45) is -4.34. The fourth-order valence-corrected chi connectivity index (χ4v) is 9.04. The van der Waals surface area contributed by atoms with Crippen molar-refractivity contribution in [2.75, 3.05) is 13.1 Å². The number of piperidine rings is 1. The third kappa shape index (κ3) is 4.84. The molecule has 5 rings (SSSR count). The highest BCUT2D eigenvalue weighted by molar-refractivity contribution is 7.91. The van der Waals surface area contributed by atoms with Gasteiger partial charge in [-0.05, 0) is 74.8 Å². The van der Waals surface area contributed by atoms with Crippen molar-refractivity contribution in [3.8, 4) is 0 Å². The number of nitrogens with one attached hydrogen (secondary N) is 2. The lowest BCUT2D eigenvalue weighted by molar-refractivity contribution is -0.140. The van der Waals surface area contributed by atoms with Crippen LogP contribution in [0.4, 0.5) is 23.2 Å². The minimum Gasteiger partial charge on any atom is -0.348 e. The molecule has 2 amide bonds. The molecule has 43 heavy (non-hydrogen) atoms. The first kappa shape index (κ1) is 31.1. The lowest BCUT2D eigenvalue weighted by Crippen LogP contribution is -2.65. The fourth-order valence-electron chi connectivity index (χ4n) is 6.62. The van der Waals surface area contributed by atoms with E-state index in [0.717, 1.165) is 13.0 Å². The van der Waals surface area contributed by atoms with Crippen LogP contribution in [0.5, 0.6) is 0 Å². The molecule has 1 spiro atoms. The van der Waals surface area contributed by atoms with Crippen LogP contribution in [-0.4, -0.2) is 39.4 Å². The van der Waals surface area contributed by atoms with Gasteiger partial charge < -0.3 is 10.6 Å². The Morgan fingerprint density at radius 3 is 2.37 bits per heavy atom. The van der Waals surface area contributed by atoms with Gasteiger partial charge in [-0.25, -0.2) is 9.18 Å². The van der Waals surface area contributed by atoms with Crippen LogP contribution in [0.25, 0.3) is 0 Å². The summed E-state index contributed by atoms with van der Waals surface area (Å²) in [5.74, 6) is -2.92. The number of nitrogens with zero attached hydrogens (tertiary/aromatic N) is 1. The van der Waals surface area contributed by atoms with Crippen LogP contribution in [-0.2, 0) is 33.0 Å². The van der Waals surface area contributed by atoms with Gasteiger partial charge in [-0.3, -0.25) is 4.79 Å². The highest BCUT2D eigenvalue weighted by Crippen LogP contribution is 2.57. The Morgan fingerprint density at radius 1 is 1.07 bits per heavy atom. The van der Waals surface area contributed by atoms with Gasteiger partial charge in [0.2, 0.25) is 0 Å². The van der Waals surface area contributed by atoms with E-state index < -0.39 is 59.6 Å². The van der Waals surface area contributed by atoms with Crippen molar-refractivity contribution in [1.82, 2.24) is 14.5 Å². The van der Waals surface area contributed by atoms with Crippen LogP contribution in [0.3, 0.4) is 0 Å². The van der Waals surface area contributed by atoms with E-state index in [9.17, 15) is 35.6 Å². The maximum Gasteiger partial charge on any atom is 0.419 e. The van der Waals surface area contributed by atoms with Crippen molar-refractivity contribution in [3.63, 3.8) is 0 Å². The predicted molar refractivity (Wildman–Crippen MR) is 153 cm³/mol. The van der Waals surface area contributed by atoms with Crippen molar-refractivity contribution < 1.29 is 35.6 Å². The largest absolute Gasteiger partial charge is 0.419 e. The third-order valence-corrected chi connectivity index (χ3v) is 11.5. The van der Waals surface area contributed by atoms with Crippen molar-refractivity contribution >= 4 is 39.1 Å². The number of sulfonamides is 1. The number of alkyl halides is 3. The number of carbonyl (C=O) groups is 2. The van der Waals surface area contributed by atoms with E-state index in [0.29, 0.717) is 48.1 Å². The van der Waals surface area contributed by atoms with Crippen LogP contribution in [0.15, 0.2) is 65.6 Å². The highest BCUT2D eigenvalue weighted by Gasteiger charge is 2.68. The van der Waals surface area contributed by atoms with Crippen LogP contribution in [0.2, 0.25) is 5.02 Å². The van der Waals surface area contributed by atoms with Gasteiger partial charge in [0.25, 0.3) is 5.91 Å². The second kappa shape index (κ2) is 11.0. The summed E-state index contributed by atoms with van der Waals surface area (Å²) in [6, 6.07) is 11.8. The lowest BCUT2D eigenvalue weighted by atomic mass is 9.70. The van der Waals surface area contributed by atoms with Crippen molar-refractivity contribution in [2.24, 2.45) is 0 Å². The number of amides is 2. The lowest BCUT2D eigenvalue weighted by Gasteiger charge is -2.41. The number of benzene rings is 3. The quantitative estimate of drug-likeness (QED) is 0.277. The Hall–Kier alpha value is -3.32. The van der Waals surface area contributed by atoms with Gasteiger partial charge in [0.15, 0.2) is 5.69 Å². The standard InChI is InChI=1S/C30H28ClF4N3O4S/c1-18-29(11-13-36-14-12-29)24-15-20(28(40)37-17-21-5-3-4-6-25(21)31)7-10-27(24)38(18,19(2)39)43(41,42)22-8-9-26(32)23(16-22)30(33,34)35/h3-10,15-16,18,36H,11-14,17H2,1-2H3/p+1. The summed E-state index contributed by atoms with van der Waals surface area (Å²) < 4.78 is 82.6. The molecule has 2 aliphatic rings. The van der Waals surface area contributed by atoms with Crippen LogP contribution < -0.4 is 14.5 Å². The number of hydrogen-bond donors (Lipinski definition) is 2. The number of rotatable bonds is 5. The molecule has 0 aromatic heterocycles. The predicted octanol–water partition coefficient (Wildman–Crippen LogP) is 5.69. The van der Waals surface area contributed by atoms with Crippen molar-refractivity contribution in [2.45, 2.75) is 55.8 Å². The zero-order valence-electron chi connectivity index (χ0n) is 23.3. The highest BCUT2D eigenvalue weighted by atomic mass is 35.5. The first-order valence-electron chi connectivity index (χ1n) is 13.6. The van der Waals surface area contributed by atoms with E-state index in [-0.39, 0.29) is 23.9 Å². The summed E-state index contributed by atoms with van der Waals surface area (Å²) in [6.45, 7) is 3.78. The molecule has 2 aliphatic heterocycles. The van der Waals surface area contributed by atoms with E-state index in [1.807, 2.05) is 0 Å². The number of halogens is 5. The minimum absolute atomic E-state index is 0.0578. The van der Waals surface area contributed by atoms with Crippen LogP contribution >= 0.6 is 11.6 Å². The summed E-state index contributed by atoms with van der Waals surface area (Å²) in [5.41, 5.74) is -1.22. The summed E-state index contributed by atoms with van der Waals surface area (Å²) in [4.78, 5) is 26.1. The second-order valence-corrected chi connectivity index (χ2v) is 13.3. The number of carbonyl (C=O) groups excluding carboxylic acids is 2. The molecule has 0 saturated carbocycles. The maximum atomic E-state index is 14.5. The van der Waals surface area contributed by atoms with Gasteiger partial charge in [0.05, 0.1) is 17.9 Å². The van der Waals surface area contributed by atoms with Gasteiger partial charge in [0.1, 0.15) is 16.8 Å². The smallest absolute Gasteiger partial charge is 0.348 e. The number of quaternary nitrogens is 1. The zero-order chi connectivity index (χ0) is 31.4. The first-order valence-corrected chi connectivity index (χ1v) is 15.4. The Morgan fingerprint density at radius 2 is 1.74 bits per heavy atom. The van der Waals surface area contributed by atoms with Crippen LogP contribution in [0, 0.1) is 5.82 Å². The SMILES string of the molecule is CC(=O)[N+]1(S(=O)(=O)c2ccc(F)c(C(F)(F)F)c2)c2ccc(C(=O)NCc3ccccc3Cl)cc2C2(CCNCC2)C1C. The van der Waals surface area contributed by atoms with Gasteiger partial charge in [0, 0.05) is 28.8 Å². The number of hydrogen-bond acceptors (Lipinski definition) is 5. The normalized spacial score (nSPS) is 21.4. The molecule has 7 nitrogen and oxygen atoms in total. The third-order valence-electron chi connectivity index (χ3n) is 8.78. The first-order chi connectivity index (χ1) is 20.2. The molecule has 0 aliphatic carbocycles. The molecule has 0 bridgehead atoms. The van der Waals surface area contributed by atoms with Gasteiger partial charge in [-0.1, -0.05) is 29.8 Å². The van der Waals surface area contributed by atoms with Gasteiger partial charge in [-0.15, -0.1) is 3.89 Å². The van der Waals surface area contributed by atoms with E-state index >= 15 is 0 Å². The molecule has 2 N–H and O–H groups in total. The molecule has 1 saturated heterocycles. The van der Waals surface area contributed by atoms with Crippen molar-refractivity contribution in [3.05, 3.63) is 93.8 Å². The Balaban J connectivity index is 1.67. The summed E-state index contributed by atoms with van der Waals surface area (Å²) in [7, 11) is -4.94. The Labute approximate surface area is 251 Å². The monoisotopic (exact) mass is 638 g/mol. The van der Waals surface area contributed by atoms with Gasteiger partial charge >= 0.3 is 22.1 Å². The average Bonchev–Trinajstić information content (AvgIpc) is 3.17. The zero-order valence-corrected chi connectivity index (χ0v) is 24.8. The molecular weight excluding hydrogens is 610 g/mol.